The van der Waals surface area contributed by atoms with Crippen LogP contribution in [-0.2, 0) is 12.6 Å². The molecule has 1 aromatic carbocycles. The Morgan fingerprint density at radius 3 is 2.44 bits per heavy atom. The van der Waals surface area contributed by atoms with Crippen LogP contribution in [0.25, 0.3) is 0 Å². The van der Waals surface area contributed by atoms with E-state index >= 15 is 0 Å². The van der Waals surface area contributed by atoms with Crippen molar-refractivity contribution in [2.45, 2.75) is 38.3 Å². The van der Waals surface area contributed by atoms with Gasteiger partial charge in [0.05, 0.1) is 5.56 Å². The first-order valence-electron chi connectivity index (χ1n) is 5.72. The second kappa shape index (κ2) is 4.48. The zero-order valence-corrected chi connectivity index (χ0v) is 9.06. The van der Waals surface area contributed by atoms with Gasteiger partial charge in [-0.1, -0.05) is 43.9 Å². The first-order chi connectivity index (χ1) is 7.55. The van der Waals surface area contributed by atoms with Gasteiger partial charge >= 0.3 is 6.18 Å². The molecule has 0 amide bonds. The number of halogens is 3. The molecule has 0 radical (unpaired) electrons. The first-order valence-corrected chi connectivity index (χ1v) is 5.72. The lowest BCUT2D eigenvalue weighted by Crippen LogP contribution is -2.06. The van der Waals surface area contributed by atoms with Gasteiger partial charge in [-0.05, 0) is 24.0 Å². The van der Waals surface area contributed by atoms with Crippen molar-refractivity contribution in [3.63, 3.8) is 0 Å². The smallest absolute Gasteiger partial charge is 0.166 e. The van der Waals surface area contributed by atoms with Gasteiger partial charge in [-0.25, -0.2) is 0 Å². The third-order valence-electron chi connectivity index (χ3n) is 3.25. The summed E-state index contributed by atoms with van der Waals surface area (Å²) >= 11 is 0. The van der Waals surface area contributed by atoms with Crippen LogP contribution in [0.1, 0.15) is 36.8 Å². The summed E-state index contributed by atoms with van der Waals surface area (Å²) in [5, 5.41) is 0. The van der Waals surface area contributed by atoms with Gasteiger partial charge in [0.25, 0.3) is 0 Å². The zero-order valence-electron chi connectivity index (χ0n) is 9.06. The van der Waals surface area contributed by atoms with Crippen molar-refractivity contribution in [3.8, 4) is 0 Å². The van der Waals surface area contributed by atoms with Crippen LogP contribution >= 0.6 is 0 Å². The quantitative estimate of drug-likeness (QED) is 0.702. The summed E-state index contributed by atoms with van der Waals surface area (Å²) in [6, 6.07) is 5.73. The van der Waals surface area contributed by atoms with Crippen LogP contribution in [0.4, 0.5) is 13.2 Å². The molecule has 0 saturated heterocycles. The minimum Gasteiger partial charge on any atom is -0.166 e. The molecule has 0 spiro atoms. The van der Waals surface area contributed by atoms with E-state index in [-0.39, 0.29) is 0 Å². The number of hydrogen-bond donors (Lipinski definition) is 0. The first kappa shape index (κ1) is 11.5. The van der Waals surface area contributed by atoms with E-state index in [2.05, 4.69) is 0 Å². The lowest BCUT2D eigenvalue weighted by atomic mass is 9.97. The van der Waals surface area contributed by atoms with Gasteiger partial charge in [0.1, 0.15) is 0 Å². The zero-order chi connectivity index (χ0) is 11.6. The second-order valence-electron chi connectivity index (χ2n) is 4.55. The SMILES string of the molecule is FC(F)(F)c1cccc(CC2CCCC2)c1. The van der Waals surface area contributed by atoms with Crippen molar-refractivity contribution in [2.75, 3.05) is 0 Å². The molecule has 0 atom stereocenters. The van der Waals surface area contributed by atoms with Crippen LogP contribution in [-0.4, -0.2) is 0 Å². The van der Waals surface area contributed by atoms with Crippen LogP contribution < -0.4 is 0 Å². The predicted octanol–water partition coefficient (Wildman–Crippen LogP) is 4.44. The Morgan fingerprint density at radius 1 is 1.12 bits per heavy atom. The molecular weight excluding hydrogens is 213 g/mol. The van der Waals surface area contributed by atoms with Crippen molar-refractivity contribution in [3.05, 3.63) is 35.4 Å². The largest absolute Gasteiger partial charge is 0.416 e. The average Bonchev–Trinajstić information content (AvgIpc) is 2.70. The highest BCUT2D eigenvalue weighted by atomic mass is 19.4. The lowest BCUT2D eigenvalue weighted by molar-refractivity contribution is -0.137. The fourth-order valence-corrected chi connectivity index (χ4v) is 2.42. The van der Waals surface area contributed by atoms with Gasteiger partial charge < -0.3 is 0 Å². The molecule has 0 N–H and O–H groups in total. The van der Waals surface area contributed by atoms with Crippen LogP contribution in [0.3, 0.4) is 0 Å². The standard InChI is InChI=1S/C13H15F3/c14-13(15,16)12-7-3-6-11(9-12)8-10-4-1-2-5-10/h3,6-7,9-10H,1-2,4-5,8H2. The van der Waals surface area contributed by atoms with E-state index < -0.39 is 11.7 Å². The van der Waals surface area contributed by atoms with E-state index in [0.717, 1.165) is 30.9 Å². The highest BCUT2D eigenvalue weighted by molar-refractivity contribution is 5.26. The molecule has 1 aliphatic rings. The Balaban J connectivity index is 2.09. The van der Waals surface area contributed by atoms with Crippen molar-refractivity contribution >= 4 is 0 Å². The maximum absolute atomic E-state index is 12.5. The summed E-state index contributed by atoms with van der Waals surface area (Å²) in [7, 11) is 0. The van der Waals surface area contributed by atoms with Gasteiger partial charge in [0.15, 0.2) is 0 Å². The summed E-state index contributed by atoms with van der Waals surface area (Å²) in [4.78, 5) is 0. The Labute approximate surface area is 93.5 Å². The van der Waals surface area contributed by atoms with Crippen LogP contribution in [0, 0.1) is 5.92 Å². The number of alkyl halides is 3. The van der Waals surface area contributed by atoms with Gasteiger partial charge in [0, 0.05) is 0 Å². The van der Waals surface area contributed by atoms with E-state index in [9.17, 15) is 13.2 Å². The molecule has 2 rings (SSSR count). The van der Waals surface area contributed by atoms with E-state index in [1.165, 1.54) is 25.0 Å². The highest BCUT2D eigenvalue weighted by Crippen LogP contribution is 2.32. The molecule has 1 saturated carbocycles. The highest BCUT2D eigenvalue weighted by Gasteiger charge is 2.30. The Hall–Kier alpha value is -0.990. The van der Waals surface area contributed by atoms with E-state index in [0.29, 0.717) is 5.92 Å². The van der Waals surface area contributed by atoms with Crippen molar-refractivity contribution in [1.82, 2.24) is 0 Å². The van der Waals surface area contributed by atoms with Gasteiger partial charge in [0.2, 0.25) is 0 Å². The molecule has 0 aromatic heterocycles. The fraction of sp³-hybridized carbons (Fsp3) is 0.538. The summed E-state index contributed by atoms with van der Waals surface area (Å²) < 4.78 is 37.4. The number of rotatable bonds is 2. The van der Waals surface area contributed by atoms with Crippen LogP contribution in [0.15, 0.2) is 24.3 Å². The molecule has 0 unspecified atom stereocenters. The Morgan fingerprint density at radius 2 is 1.81 bits per heavy atom. The summed E-state index contributed by atoms with van der Waals surface area (Å²) in [5.74, 6) is 0.587. The molecule has 16 heavy (non-hydrogen) atoms. The molecular formula is C13H15F3. The van der Waals surface area contributed by atoms with E-state index in [1.54, 1.807) is 6.07 Å². The molecule has 3 heteroatoms. The topological polar surface area (TPSA) is 0 Å². The maximum atomic E-state index is 12.5. The van der Waals surface area contributed by atoms with E-state index in [1.807, 2.05) is 0 Å². The predicted molar refractivity (Wildman–Crippen MR) is 57.1 cm³/mol. The molecule has 0 aliphatic heterocycles. The minimum atomic E-state index is -4.22. The minimum absolute atomic E-state index is 0.525. The van der Waals surface area contributed by atoms with Crippen molar-refractivity contribution in [1.29, 1.82) is 0 Å². The monoisotopic (exact) mass is 228 g/mol. The molecule has 0 heterocycles. The van der Waals surface area contributed by atoms with Gasteiger partial charge in [-0.15, -0.1) is 0 Å². The summed E-state index contributed by atoms with van der Waals surface area (Å²) in [6.45, 7) is 0. The fourth-order valence-electron chi connectivity index (χ4n) is 2.42. The number of benzene rings is 1. The van der Waals surface area contributed by atoms with E-state index in [4.69, 9.17) is 0 Å². The Kier molecular flexibility index (Phi) is 3.22. The van der Waals surface area contributed by atoms with Gasteiger partial charge in [-0.3, -0.25) is 0 Å². The molecule has 1 aromatic rings. The summed E-state index contributed by atoms with van der Waals surface area (Å²) in [5.41, 5.74) is 0.296. The maximum Gasteiger partial charge on any atom is 0.416 e. The van der Waals surface area contributed by atoms with Gasteiger partial charge in [-0.2, -0.15) is 13.2 Å². The molecule has 0 bridgehead atoms. The Bertz CT molecular complexity index is 348. The van der Waals surface area contributed by atoms with Crippen LogP contribution in [0.5, 0.6) is 0 Å². The summed E-state index contributed by atoms with van der Waals surface area (Å²) in [6.07, 6.45) is 1.36. The van der Waals surface area contributed by atoms with Crippen molar-refractivity contribution in [2.24, 2.45) is 5.92 Å². The normalized spacial score (nSPS) is 17.9. The van der Waals surface area contributed by atoms with Crippen LogP contribution in [0.2, 0.25) is 0 Å². The molecule has 1 fully saturated rings. The lowest BCUT2D eigenvalue weighted by Gasteiger charge is -2.11. The van der Waals surface area contributed by atoms with Crippen molar-refractivity contribution < 1.29 is 13.2 Å². The second-order valence-corrected chi connectivity index (χ2v) is 4.55. The molecule has 0 nitrogen and oxygen atoms in total. The third kappa shape index (κ3) is 2.77. The molecule has 1 aliphatic carbocycles. The molecule has 88 valence electrons. The number of hydrogen-bond acceptors (Lipinski definition) is 0. The third-order valence-corrected chi connectivity index (χ3v) is 3.25. The average molecular weight is 228 g/mol.